The highest BCUT2D eigenvalue weighted by atomic mass is 16.5. The van der Waals surface area contributed by atoms with Crippen LogP contribution in [0.15, 0.2) is 77.4 Å². The Balaban J connectivity index is 1.65. The van der Waals surface area contributed by atoms with Gasteiger partial charge < -0.3 is 9.15 Å². The van der Waals surface area contributed by atoms with Crippen molar-refractivity contribution in [3.8, 4) is 11.8 Å². The molecule has 0 fully saturated rings. The SMILES string of the molecule is N#CCCCOc1cccc(CN[C@@H](c2ccccc2)c2ccco2)c1. The summed E-state index contributed by atoms with van der Waals surface area (Å²) in [4.78, 5) is 0. The second-order valence-electron chi connectivity index (χ2n) is 6.00. The predicted octanol–water partition coefficient (Wildman–Crippen LogP) is 4.84. The van der Waals surface area contributed by atoms with Crippen LogP contribution in [0.3, 0.4) is 0 Å². The molecule has 0 amide bonds. The highest BCUT2D eigenvalue weighted by Gasteiger charge is 2.16. The fourth-order valence-electron chi connectivity index (χ4n) is 2.79. The first-order valence-corrected chi connectivity index (χ1v) is 8.77. The van der Waals surface area contributed by atoms with Crippen LogP contribution in [0.4, 0.5) is 0 Å². The summed E-state index contributed by atoms with van der Waals surface area (Å²) >= 11 is 0. The lowest BCUT2D eigenvalue weighted by Crippen LogP contribution is -2.21. The predicted molar refractivity (Wildman–Crippen MR) is 101 cm³/mol. The molecule has 1 aromatic heterocycles. The minimum absolute atomic E-state index is 0.00796. The molecule has 3 rings (SSSR count). The summed E-state index contributed by atoms with van der Waals surface area (Å²) in [5.41, 5.74) is 2.29. The number of hydrogen-bond donors (Lipinski definition) is 1. The molecule has 0 unspecified atom stereocenters. The van der Waals surface area contributed by atoms with Crippen molar-refractivity contribution in [2.24, 2.45) is 0 Å². The molecule has 2 aromatic carbocycles. The molecule has 0 saturated heterocycles. The van der Waals surface area contributed by atoms with Gasteiger partial charge in [0.2, 0.25) is 0 Å². The van der Waals surface area contributed by atoms with Crippen LogP contribution in [0, 0.1) is 11.3 Å². The third kappa shape index (κ3) is 4.98. The van der Waals surface area contributed by atoms with Crippen LogP contribution in [0.5, 0.6) is 5.75 Å². The van der Waals surface area contributed by atoms with Crippen LogP contribution < -0.4 is 10.1 Å². The van der Waals surface area contributed by atoms with Crippen molar-refractivity contribution in [3.05, 3.63) is 89.9 Å². The highest BCUT2D eigenvalue weighted by Crippen LogP contribution is 2.23. The van der Waals surface area contributed by atoms with E-state index >= 15 is 0 Å². The molecule has 1 N–H and O–H groups in total. The van der Waals surface area contributed by atoms with Gasteiger partial charge in [-0.2, -0.15) is 5.26 Å². The molecule has 132 valence electrons. The van der Waals surface area contributed by atoms with Gasteiger partial charge in [-0.3, -0.25) is 5.32 Å². The fourth-order valence-corrected chi connectivity index (χ4v) is 2.79. The van der Waals surface area contributed by atoms with Gasteiger partial charge in [0.05, 0.1) is 25.0 Å². The van der Waals surface area contributed by atoms with Gasteiger partial charge in [-0.25, -0.2) is 0 Å². The van der Waals surface area contributed by atoms with Gasteiger partial charge in [-0.1, -0.05) is 42.5 Å². The first-order chi connectivity index (χ1) is 12.9. The van der Waals surface area contributed by atoms with Gasteiger partial charge in [-0.15, -0.1) is 0 Å². The molecule has 4 nitrogen and oxygen atoms in total. The number of rotatable bonds is 9. The van der Waals surface area contributed by atoms with E-state index in [0.717, 1.165) is 29.1 Å². The van der Waals surface area contributed by atoms with E-state index in [1.54, 1.807) is 6.26 Å². The van der Waals surface area contributed by atoms with E-state index in [0.29, 0.717) is 19.6 Å². The molecule has 0 saturated carbocycles. The number of nitriles is 1. The minimum atomic E-state index is -0.00796. The average Bonchev–Trinajstić information content (AvgIpc) is 3.21. The number of hydrogen-bond acceptors (Lipinski definition) is 4. The van der Waals surface area contributed by atoms with Crippen LogP contribution in [0.2, 0.25) is 0 Å². The monoisotopic (exact) mass is 346 g/mol. The Morgan fingerprint density at radius 2 is 1.92 bits per heavy atom. The van der Waals surface area contributed by atoms with Crippen molar-refractivity contribution in [2.45, 2.75) is 25.4 Å². The molecule has 3 aromatic rings. The summed E-state index contributed by atoms with van der Waals surface area (Å²) in [6.45, 7) is 1.25. The lowest BCUT2D eigenvalue weighted by molar-refractivity contribution is 0.312. The van der Waals surface area contributed by atoms with Gasteiger partial charge in [0.1, 0.15) is 11.5 Å². The lowest BCUT2D eigenvalue weighted by atomic mass is 10.0. The number of nitrogens with zero attached hydrogens (tertiary/aromatic N) is 1. The largest absolute Gasteiger partial charge is 0.494 e. The molecule has 0 bridgehead atoms. The summed E-state index contributed by atoms with van der Waals surface area (Å²) in [6, 6.07) is 24.3. The van der Waals surface area contributed by atoms with E-state index in [-0.39, 0.29) is 6.04 Å². The summed E-state index contributed by atoms with van der Waals surface area (Å²) in [7, 11) is 0. The normalized spacial score (nSPS) is 11.7. The van der Waals surface area contributed by atoms with Gasteiger partial charge >= 0.3 is 0 Å². The van der Waals surface area contributed by atoms with Crippen molar-refractivity contribution >= 4 is 0 Å². The first-order valence-electron chi connectivity index (χ1n) is 8.77. The zero-order valence-corrected chi connectivity index (χ0v) is 14.6. The number of unbranched alkanes of at least 4 members (excludes halogenated alkanes) is 1. The molecular weight excluding hydrogens is 324 g/mol. The molecule has 0 aliphatic heterocycles. The van der Waals surface area contributed by atoms with E-state index in [2.05, 4.69) is 29.6 Å². The van der Waals surface area contributed by atoms with Gasteiger partial charge in [0, 0.05) is 13.0 Å². The fraction of sp³-hybridized carbons (Fsp3) is 0.227. The summed E-state index contributed by atoms with van der Waals surface area (Å²) < 4.78 is 11.3. The van der Waals surface area contributed by atoms with Crippen LogP contribution in [0.1, 0.15) is 35.8 Å². The van der Waals surface area contributed by atoms with Crippen LogP contribution in [-0.4, -0.2) is 6.61 Å². The van der Waals surface area contributed by atoms with E-state index < -0.39 is 0 Å². The number of furan rings is 1. The molecule has 0 aliphatic carbocycles. The van der Waals surface area contributed by atoms with E-state index in [4.69, 9.17) is 14.4 Å². The Kier molecular flexibility index (Phi) is 6.46. The topological polar surface area (TPSA) is 58.2 Å². The van der Waals surface area contributed by atoms with Crippen molar-refractivity contribution in [1.29, 1.82) is 5.26 Å². The lowest BCUT2D eigenvalue weighted by Gasteiger charge is -2.17. The van der Waals surface area contributed by atoms with Crippen molar-refractivity contribution < 1.29 is 9.15 Å². The second kappa shape index (κ2) is 9.45. The standard InChI is InChI=1S/C22H22N2O2/c23-13-4-5-14-25-20-11-6-8-18(16-20)17-24-22(21-12-7-15-26-21)19-9-2-1-3-10-19/h1-3,6-12,15-16,22,24H,4-5,14,17H2/t22-/m0/s1. The maximum absolute atomic E-state index is 8.58. The summed E-state index contributed by atoms with van der Waals surface area (Å²) in [6.07, 6.45) is 2.96. The third-order valence-corrected chi connectivity index (χ3v) is 4.07. The van der Waals surface area contributed by atoms with E-state index in [1.807, 2.05) is 48.5 Å². The van der Waals surface area contributed by atoms with Crippen molar-refractivity contribution in [3.63, 3.8) is 0 Å². The molecule has 1 heterocycles. The second-order valence-corrected chi connectivity index (χ2v) is 6.00. The smallest absolute Gasteiger partial charge is 0.125 e. The molecule has 0 spiro atoms. The quantitative estimate of drug-likeness (QED) is 0.563. The Morgan fingerprint density at radius 3 is 2.69 bits per heavy atom. The zero-order valence-electron chi connectivity index (χ0n) is 14.6. The Morgan fingerprint density at radius 1 is 1.04 bits per heavy atom. The minimum Gasteiger partial charge on any atom is -0.494 e. The Labute approximate surface area is 154 Å². The van der Waals surface area contributed by atoms with Crippen LogP contribution in [-0.2, 0) is 6.54 Å². The highest BCUT2D eigenvalue weighted by molar-refractivity contribution is 5.30. The van der Waals surface area contributed by atoms with Gasteiger partial charge in [0.15, 0.2) is 0 Å². The number of nitrogens with one attached hydrogen (secondary N) is 1. The molecule has 26 heavy (non-hydrogen) atoms. The number of benzene rings is 2. The third-order valence-electron chi connectivity index (χ3n) is 4.07. The first kappa shape index (κ1) is 17.8. The Hall–Kier alpha value is -3.03. The van der Waals surface area contributed by atoms with Crippen LogP contribution >= 0.6 is 0 Å². The van der Waals surface area contributed by atoms with Gasteiger partial charge in [0.25, 0.3) is 0 Å². The number of ether oxygens (including phenoxy) is 1. The Bertz CT molecular complexity index is 823. The molecule has 4 heteroatoms. The molecule has 0 radical (unpaired) electrons. The average molecular weight is 346 g/mol. The summed E-state index contributed by atoms with van der Waals surface area (Å²) in [5, 5.41) is 12.1. The van der Waals surface area contributed by atoms with Crippen molar-refractivity contribution in [2.75, 3.05) is 6.61 Å². The van der Waals surface area contributed by atoms with Crippen LogP contribution in [0.25, 0.3) is 0 Å². The molecule has 1 atom stereocenters. The van der Waals surface area contributed by atoms with Gasteiger partial charge in [-0.05, 0) is 41.8 Å². The maximum atomic E-state index is 8.58. The maximum Gasteiger partial charge on any atom is 0.125 e. The van der Waals surface area contributed by atoms with E-state index in [9.17, 15) is 0 Å². The molecular formula is C22H22N2O2. The van der Waals surface area contributed by atoms with Crippen molar-refractivity contribution in [1.82, 2.24) is 5.32 Å². The molecule has 0 aliphatic rings. The summed E-state index contributed by atoms with van der Waals surface area (Å²) in [5.74, 6) is 1.72. The zero-order chi connectivity index (χ0) is 18.0. The van der Waals surface area contributed by atoms with E-state index in [1.165, 1.54) is 0 Å².